The monoisotopic (exact) mass is 370 g/mol. The average Bonchev–Trinajstić information content (AvgIpc) is 2.50. The van der Waals surface area contributed by atoms with E-state index in [9.17, 15) is 13.2 Å². The first kappa shape index (κ1) is 16.1. The van der Waals surface area contributed by atoms with Gasteiger partial charge in [-0.2, -0.15) is 0 Å². The van der Waals surface area contributed by atoms with Crippen molar-refractivity contribution in [1.29, 1.82) is 0 Å². The zero-order valence-corrected chi connectivity index (χ0v) is 14.1. The number of halogens is 2. The van der Waals surface area contributed by atoms with Crippen molar-refractivity contribution in [3.05, 3.63) is 57.6 Å². The molecule has 23 heavy (non-hydrogen) atoms. The highest BCUT2D eigenvalue weighted by molar-refractivity contribution is 7.92. The third-order valence-corrected chi connectivity index (χ3v) is 5.57. The van der Waals surface area contributed by atoms with E-state index in [0.717, 1.165) is 5.56 Å². The van der Waals surface area contributed by atoms with Crippen molar-refractivity contribution in [2.45, 2.75) is 11.3 Å². The quantitative estimate of drug-likeness (QED) is 0.871. The van der Waals surface area contributed by atoms with E-state index in [1.807, 2.05) is 0 Å². The molecule has 5 nitrogen and oxygen atoms in total. The fourth-order valence-corrected chi connectivity index (χ4v) is 4.18. The predicted octanol–water partition coefficient (Wildman–Crippen LogP) is 3.08. The van der Waals surface area contributed by atoms with Crippen LogP contribution in [-0.2, 0) is 16.4 Å². The molecule has 8 heteroatoms. The van der Waals surface area contributed by atoms with E-state index in [2.05, 4.69) is 10.0 Å². The highest BCUT2D eigenvalue weighted by Crippen LogP contribution is 2.27. The summed E-state index contributed by atoms with van der Waals surface area (Å²) in [5.74, 6) is -0.215. The Kier molecular flexibility index (Phi) is 4.23. The highest BCUT2D eigenvalue weighted by atomic mass is 35.5. The van der Waals surface area contributed by atoms with Crippen molar-refractivity contribution in [3.63, 3.8) is 0 Å². The second-order valence-corrected chi connectivity index (χ2v) is 7.55. The number of fused-ring (bicyclic) bond motifs is 1. The number of hydrogen-bond donors (Lipinski definition) is 2. The van der Waals surface area contributed by atoms with Crippen LogP contribution in [0.25, 0.3) is 0 Å². The summed E-state index contributed by atoms with van der Waals surface area (Å²) >= 11 is 11.8. The van der Waals surface area contributed by atoms with Crippen molar-refractivity contribution >= 4 is 44.8 Å². The normalized spacial score (nSPS) is 14.1. The van der Waals surface area contributed by atoms with Gasteiger partial charge in [-0.05, 0) is 42.3 Å². The number of carbonyl (C=O) groups is 1. The smallest absolute Gasteiger partial charge is 0.263 e. The molecule has 0 fully saturated rings. The Morgan fingerprint density at radius 2 is 1.87 bits per heavy atom. The van der Waals surface area contributed by atoms with Gasteiger partial charge in [0.25, 0.3) is 15.9 Å². The first-order valence-corrected chi connectivity index (χ1v) is 9.00. The number of amides is 1. The van der Waals surface area contributed by atoms with E-state index in [0.29, 0.717) is 18.5 Å². The second kappa shape index (κ2) is 6.03. The van der Waals surface area contributed by atoms with Gasteiger partial charge < -0.3 is 5.32 Å². The molecule has 0 spiro atoms. The molecule has 2 aromatic rings. The molecular formula is C15H12Cl2N2O3S. The lowest BCUT2D eigenvalue weighted by Gasteiger charge is -2.18. The minimum Gasteiger partial charge on any atom is -0.352 e. The van der Waals surface area contributed by atoms with E-state index >= 15 is 0 Å². The van der Waals surface area contributed by atoms with Crippen molar-refractivity contribution in [1.82, 2.24) is 5.32 Å². The molecule has 120 valence electrons. The van der Waals surface area contributed by atoms with Gasteiger partial charge in [-0.25, -0.2) is 8.42 Å². The maximum Gasteiger partial charge on any atom is 0.263 e. The van der Waals surface area contributed by atoms with Gasteiger partial charge in [0.1, 0.15) is 4.90 Å². The Bertz CT molecular complexity index is 898. The standard InChI is InChI=1S/C15H12Cl2N2O3S/c16-10-2-4-13(17)14(7-10)23(21,22)19-11-3-1-9-5-6-18-15(20)12(9)8-11/h1-4,7-8,19H,5-6H2,(H,18,20). The summed E-state index contributed by atoms with van der Waals surface area (Å²) in [4.78, 5) is 11.7. The molecule has 0 bridgehead atoms. The van der Waals surface area contributed by atoms with Gasteiger partial charge in [-0.1, -0.05) is 29.3 Å². The fourth-order valence-electron chi connectivity index (χ4n) is 2.37. The maximum atomic E-state index is 12.5. The van der Waals surface area contributed by atoms with Gasteiger partial charge in [0.05, 0.1) is 5.02 Å². The largest absolute Gasteiger partial charge is 0.352 e. The van der Waals surface area contributed by atoms with Gasteiger partial charge in [0, 0.05) is 22.8 Å². The molecule has 0 atom stereocenters. The topological polar surface area (TPSA) is 75.3 Å². The molecule has 2 N–H and O–H groups in total. The number of nitrogens with one attached hydrogen (secondary N) is 2. The van der Waals surface area contributed by atoms with Gasteiger partial charge >= 0.3 is 0 Å². The molecule has 0 aromatic heterocycles. The first-order chi connectivity index (χ1) is 10.9. The van der Waals surface area contributed by atoms with Crippen LogP contribution in [0.4, 0.5) is 5.69 Å². The van der Waals surface area contributed by atoms with Crippen LogP contribution in [0.1, 0.15) is 15.9 Å². The lowest BCUT2D eigenvalue weighted by Crippen LogP contribution is -2.31. The van der Waals surface area contributed by atoms with E-state index in [1.54, 1.807) is 12.1 Å². The van der Waals surface area contributed by atoms with Crippen LogP contribution in [0.5, 0.6) is 0 Å². The summed E-state index contributed by atoms with van der Waals surface area (Å²) in [5.41, 5.74) is 1.64. The third-order valence-electron chi connectivity index (χ3n) is 3.47. The molecule has 0 aliphatic carbocycles. The molecule has 3 rings (SSSR count). The van der Waals surface area contributed by atoms with Gasteiger partial charge in [-0.3, -0.25) is 9.52 Å². The van der Waals surface area contributed by atoms with Gasteiger partial charge in [0.15, 0.2) is 0 Å². The number of anilines is 1. The number of benzene rings is 2. The number of sulfonamides is 1. The van der Waals surface area contributed by atoms with Crippen LogP contribution in [0.15, 0.2) is 41.3 Å². The highest BCUT2D eigenvalue weighted by Gasteiger charge is 2.21. The van der Waals surface area contributed by atoms with Crippen molar-refractivity contribution < 1.29 is 13.2 Å². The van der Waals surface area contributed by atoms with Crippen LogP contribution in [0.2, 0.25) is 10.0 Å². The van der Waals surface area contributed by atoms with Crippen molar-refractivity contribution in [2.24, 2.45) is 0 Å². The summed E-state index contributed by atoms with van der Waals surface area (Å²) in [7, 11) is -3.91. The molecule has 2 aromatic carbocycles. The maximum absolute atomic E-state index is 12.5. The minimum atomic E-state index is -3.91. The lowest BCUT2D eigenvalue weighted by molar-refractivity contribution is 0.0946. The van der Waals surface area contributed by atoms with Crippen LogP contribution < -0.4 is 10.0 Å². The second-order valence-electron chi connectivity index (χ2n) is 5.06. The zero-order valence-electron chi connectivity index (χ0n) is 11.8. The van der Waals surface area contributed by atoms with E-state index in [1.165, 1.54) is 24.3 Å². The molecule has 1 heterocycles. The number of carbonyl (C=O) groups excluding carboxylic acids is 1. The number of rotatable bonds is 3. The van der Waals surface area contributed by atoms with Crippen molar-refractivity contribution in [3.8, 4) is 0 Å². The Balaban J connectivity index is 1.96. The van der Waals surface area contributed by atoms with Gasteiger partial charge in [0.2, 0.25) is 0 Å². The SMILES string of the molecule is O=C1NCCc2ccc(NS(=O)(=O)c3cc(Cl)ccc3Cl)cc21. The first-order valence-electron chi connectivity index (χ1n) is 6.76. The molecule has 1 aliphatic heterocycles. The molecule has 1 amide bonds. The van der Waals surface area contributed by atoms with Crippen LogP contribution in [0, 0.1) is 0 Å². The molecular weight excluding hydrogens is 359 g/mol. The minimum absolute atomic E-state index is 0.0672. The van der Waals surface area contributed by atoms with E-state index in [-0.39, 0.29) is 26.5 Å². The molecule has 0 radical (unpaired) electrons. The predicted molar refractivity (Wildman–Crippen MR) is 89.7 cm³/mol. The Hall–Kier alpha value is -1.76. The Labute approximate surface area is 143 Å². The van der Waals surface area contributed by atoms with E-state index < -0.39 is 10.0 Å². The molecule has 0 saturated heterocycles. The third kappa shape index (κ3) is 3.29. The van der Waals surface area contributed by atoms with Crippen LogP contribution in [0.3, 0.4) is 0 Å². The summed E-state index contributed by atoms with van der Waals surface area (Å²) in [6.07, 6.45) is 0.716. The van der Waals surface area contributed by atoms with E-state index in [4.69, 9.17) is 23.2 Å². The summed E-state index contributed by atoms with van der Waals surface area (Å²) < 4.78 is 27.4. The summed E-state index contributed by atoms with van der Waals surface area (Å²) in [6.45, 7) is 0.578. The molecule has 0 unspecified atom stereocenters. The molecule has 1 aliphatic rings. The summed E-state index contributed by atoms with van der Waals surface area (Å²) in [6, 6.07) is 9.07. The Morgan fingerprint density at radius 3 is 2.65 bits per heavy atom. The van der Waals surface area contributed by atoms with Gasteiger partial charge in [-0.15, -0.1) is 0 Å². The lowest BCUT2D eigenvalue weighted by atomic mass is 10.00. The summed E-state index contributed by atoms with van der Waals surface area (Å²) in [5, 5.41) is 3.05. The fraction of sp³-hybridized carbons (Fsp3) is 0.133. The van der Waals surface area contributed by atoms with Crippen LogP contribution >= 0.6 is 23.2 Å². The average molecular weight is 371 g/mol. The zero-order chi connectivity index (χ0) is 16.6. The number of hydrogen-bond acceptors (Lipinski definition) is 3. The molecule has 0 saturated carbocycles. The van der Waals surface area contributed by atoms with Crippen LogP contribution in [-0.4, -0.2) is 20.9 Å². The van der Waals surface area contributed by atoms with Crippen molar-refractivity contribution in [2.75, 3.05) is 11.3 Å². The Morgan fingerprint density at radius 1 is 1.09 bits per heavy atom.